The molecule has 0 bridgehead atoms. The van der Waals surface area contributed by atoms with Gasteiger partial charge in [0, 0.05) is 26.1 Å². The minimum atomic E-state index is -4.18. The van der Waals surface area contributed by atoms with Crippen molar-refractivity contribution >= 4 is 5.91 Å². The second-order valence-electron chi connectivity index (χ2n) is 4.07. The molecule has 1 amide bonds. The molecule has 0 spiro atoms. The SMILES string of the molecule is CNCCC(=O)N1CCCC(C(F)(F)F)C1. The minimum Gasteiger partial charge on any atom is -0.342 e. The van der Waals surface area contributed by atoms with Gasteiger partial charge in [-0.05, 0) is 19.9 Å². The first kappa shape index (κ1) is 13.3. The van der Waals surface area contributed by atoms with Crippen LogP contribution >= 0.6 is 0 Å². The Balaban J connectivity index is 2.47. The van der Waals surface area contributed by atoms with Crippen LogP contribution in [0.4, 0.5) is 13.2 Å². The average Bonchev–Trinajstić information content (AvgIpc) is 2.25. The summed E-state index contributed by atoms with van der Waals surface area (Å²) >= 11 is 0. The van der Waals surface area contributed by atoms with Gasteiger partial charge in [-0.2, -0.15) is 13.2 Å². The van der Waals surface area contributed by atoms with Crippen LogP contribution in [0.3, 0.4) is 0 Å². The van der Waals surface area contributed by atoms with E-state index in [4.69, 9.17) is 0 Å². The van der Waals surface area contributed by atoms with Gasteiger partial charge in [0.1, 0.15) is 0 Å². The number of rotatable bonds is 3. The van der Waals surface area contributed by atoms with Gasteiger partial charge in [-0.1, -0.05) is 0 Å². The van der Waals surface area contributed by atoms with Gasteiger partial charge >= 0.3 is 6.18 Å². The van der Waals surface area contributed by atoms with Crippen molar-refractivity contribution in [2.45, 2.75) is 25.4 Å². The fourth-order valence-corrected chi connectivity index (χ4v) is 1.86. The van der Waals surface area contributed by atoms with Crippen molar-refractivity contribution in [3.63, 3.8) is 0 Å². The minimum absolute atomic E-state index is 0.138. The summed E-state index contributed by atoms with van der Waals surface area (Å²) in [6, 6.07) is 0. The Bertz CT molecular complexity index is 243. The molecule has 1 aliphatic rings. The average molecular weight is 238 g/mol. The Hall–Kier alpha value is -0.780. The molecule has 1 atom stereocenters. The van der Waals surface area contributed by atoms with Crippen LogP contribution in [0.2, 0.25) is 0 Å². The zero-order chi connectivity index (χ0) is 12.2. The van der Waals surface area contributed by atoms with Crippen LogP contribution in [-0.4, -0.2) is 43.7 Å². The van der Waals surface area contributed by atoms with Crippen LogP contribution in [0.1, 0.15) is 19.3 Å². The van der Waals surface area contributed by atoms with Crippen LogP contribution < -0.4 is 5.32 Å². The van der Waals surface area contributed by atoms with E-state index in [9.17, 15) is 18.0 Å². The maximum absolute atomic E-state index is 12.5. The summed E-state index contributed by atoms with van der Waals surface area (Å²) in [4.78, 5) is 12.9. The standard InChI is InChI=1S/C10H17F3N2O/c1-14-5-4-9(16)15-6-2-3-8(7-15)10(11,12)13/h8,14H,2-7H2,1H3. The lowest BCUT2D eigenvalue weighted by Gasteiger charge is -2.33. The Morgan fingerprint density at radius 3 is 2.75 bits per heavy atom. The molecular weight excluding hydrogens is 221 g/mol. The number of nitrogens with zero attached hydrogens (tertiary/aromatic N) is 1. The molecule has 1 N–H and O–H groups in total. The van der Waals surface area contributed by atoms with E-state index in [0.29, 0.717) is 19.5 Å². The highest BCUT2D eigenvalue weighted by atomic mass is 19.4. The third-order valence-corrected chi connectivity index (χ3v) is 2.83. The Morgan fingerprint density at radius 2 is 2.19 bits per heavy atom. The van der Waals surface area contributed by atoms with Gasteiger partial charge in [-0.15, -0.1) is 0 Å². The molecule has 0 aromatic carbocycles. The first-order valence-electron chi connectivity index (χ1n) is 5.44. The van der Waals surface area contributed by atoms with Crippen molar-refractivity contribution in [2.75, 3.05) is 26.7 Å². The number of amides is 1. The van der Waals surface area contributed by atoms with E-state index < -0.39 is 12.1 Å². The normalized spacial score (nSPS) is 22.2. The van der Waals surface area contributed by atoms with Gasteiger partial charge in [-0.25, -0.2) is 0 Å². The summed E-state index contributed by atoms with van der Waals surface area (Å²) in [6.45, 7) is 0.785. The number of hydrogen-bond donors (Lipinski definition) is 1. The molecule has 1 unspecified atom stereocenters. The summed E-state index contributed by atoms with van der Waals surface area (Å²) in [5.41, 5.74) is 0. The van der Waals surface area contributed by atoms with E-state index >= 15 is 0 Å². The van der Waals surface area contributed by atoms with Gasteiger partial charge in [0.25, 0.3) is 0 Å². The monoisotopic (exact) mass is 238 g/mol. The largest absolute Gasteiger partial charge is 0.393 e. The number of carbonyl (C=O) groups excluding carboxylic acids is 1. The third-order valence-electron chi connectivity index (χ3n) is 2.83. The quantitative estimate of drug-likeness (QED) is 0.806. The lowest BCUT2D eigenvalue weighted by Crippen LogP contribution is -2.45. The van der Waals surface area contributed by atoms with Crippen molar-refractivity contribution in [3.05, 3.63) is 0 Å². The number of hydrogen-bond acceptors (Lipinski definition) is 2. The van der Waals surface area contributed by atoms with E-state index in [-0.39, 0.29) is 25.3 Å². The molecular formula is C10H17F3N2O. The van der Waals surface area contributed by atoms with Gasteiger partial charge in [-0.3, -0.25) is 4.79 Å². The van der Waals surface area contributed by atoms with Crippen molar-refractivity contribution in [3.8, 4) is 0 Å². The number of carbonyl (C=O) groups is 1. The van der Waals surface area contributed by atoms with Crippen LogP contribution in [-0.2, 0) is 4.79 Å². The molecule has 0 radical (unpaired) electrons. The Morgan fingerprint density at radius 1 is 1.50 bits per heavy atom. The number of halogens is 3. The third kappa shape index (κ3) is 3.66. The molecule has 6 heteroatoms. The van der Waals surface area contributed by atoms with Crippen molar-refractivity contribution in [1.82, 2.24) is 10.2 Å². The molecule has 0 aromatic rings. The van der Waals surface area contributed by atoms with Crippen molar-refractivity contribution in [2.24, 2.45) is 5.92 Å². The van der Waals surface area contributed by atoms with Gasteiger partial charge in [0.05, 0.1) is 5.92 Å². The number of nitrogens with one attached hydrogen (secondary N) is 1. The highest BCUT2D eigenvalue weighted by Crippen LogP contribution is 2.33. The molecule has 0 aliphatic carbocycles. The van der Waals surface area contributed by atoms with Gasteiger partial charge < -0.3 is 10.2 Å². The lowest BCUT2D eigenvalue weighted by atomic mass is 9.97. The lowest BCUT2D eigenvalue weighted by molar-refractivity contribution is -0.188. The number of alkyl halides is 3. The fourth-order valence-electron chi connectivity index (χ4n) is 1.86. The fraction of sp³-hybridized carbons (Fsp3) is 0.900. The maximum Gasteiger partial charge on any atom is 0.393 e. The van der Waals surface area contributed by atoms with Crippen LogP contribution in [0.5, 0.6) is 0 Å². The summed E-state index contributed by atoms with van der Waals surface area (Å²) in [5.74, 6) is -1.54. The van der Waals surface area contributed by atoms with E-state index in [1.54, 1.807) is 7.05 Å². The molecule has 0 saturated carbocycles. The summed E-state index contributed by atoms with van der Waals surface area (Å²) in [7, 11) is 1.71. The number of likely N-dealkylation sites (tertiary alicyclic amines) is 1. The molecule has 3 nitrogen and oxygen atoms in total. The molecule has 1 rings (SSSR count). The molecule has 0 aromatic heterocycles. The molecule has 1 saturated heterocycles. The van der Waals surface area contributed by atoms with Crippen molar-refractivity contribution in [1.29, 1.82) is 0 Å². The molecule has 1 heterocycles. The predicted octanol–water partition coefficient (Wildman–Crippen LogP) is 1.40. The highest BCUT2D eigenvalue weighted by molar-refractivity contribution is 5.76. The second-order valence-corrected chi connectivity index (χ2v) is 4.07. The summed E-state index contributed by atoms with van der Waals surface area (Å²) in [5, 5.41) is 2.81. The van der Waals surface area contributed by atoms with E-state index in [1.165, 1.54) is 4.90 Å². The molecule has 1 fully saturated rings. The van der Waals surface area contributed by atoms with Crippen molar-refractivity contribution < 1.29 is 18.0 Å². The first-order chi connectivity index (χ1) is 7.45. The van der Waals surface area contributed by atoms with E-state index in [1.807, 2.05) is 0 Å². The van der Waals surface area contributed by atoms with E-state index in [2.05, 4.69) is 5.32 Å². The Labute approximate surface area is 93.0 Å². The Kier molecular flexibility index (Phi) is 4.58. The van der Waals surface area contributed by atoms with E-state index in [0.717, 1.165) is 0 Å². The van der Waals surface area contributed by atoms with Crippen LogP contribution in [0.25, 0.3) is 0 Å². The van der Waals surface area contributed by atoms with Gasteiger partial charge in [0.15, 0.2) is 0 Å². The number of piperidine rings is 1. The predicted molar refractivity (Wildman–Crippen MR) is 53.9 cm³/mol. The second kappa shape index (κ2) is 5.52. The highest BCUT2D eigenvalue weighted by Gasteiger charge is 2.42. The zero-order valence-electron chi connectivity index (χ0n) is 9.31. The topological polar surface area (TPSA) is 32.3 Å². The molecule has 16 heavy (non-hydrogen) atoms. The molecule has 94 valence electrons. The smallest absolute Gasteiger partial charge is 0.342 e. The maximum atomic E-state index is 12.5. The van der Waals surface area contributed by atoms with Crippen LogP contribution in [0, 0.1) is 5.92 Å². The summed E-state index contributed by atoms with van der Waals surface area (Å²) < 4.78 is 37.4. The first-order valence-corrected chi connectivity index (χ1v) is 5.44. The zero-order valence-corrected chi connectivity index (χ0v) is 9.31. The van der Waals surface area contributed by atoms with Gasteiger partial charge in [0.2, 0.25) is 5.91 Å². The van der Waals surface area contributed by atoms with Crippen LogP contribution in [0.15, 0.2) is 0 Å². The summed E-state index contributed by atoms with van der Waals surface area (Å²) in [6.07, 6.45) is -3.34. The molecule has 1 aliphatic heterocycles.